The molecule has 0 aliphatic heterocycles. The predicted molar refractivity (Wildman–Crippen MR) is 75.9 cm³/mol. The molecule has 6 heteroatoms. The van der Waals surface area contributed by atoms with E-state index in [0.29, 0.717) is 4.90 Å². The Bertz CT molecular complexity index is 645. The molecular weight excluding hydrogens is 262 g/mol. The van der Waals surface area contributed by atoms with Gasteiger partial charge in [-0.05, 0) is 24.1 Å². The molecule has 1 aromatic carbocycles. The molecular formula is C13H17N3O2S. The van der Waals surface area contributed by atoms with Crippen molar-refractivity contribution in [3.8, 4) is 11.3 Å². The fourth-order valence-corrected chi connectivity index (χ4v) is 2.33. The second-order valence-electron chi connectivity index (χ2n) is 4.39. The number of nitrogens with one attached hydrogen (secondary N) is 2. The van der Waals surface area contributed by atoms with Gasteiger partial charge in [-0.15, -0.1) is 0 Å². The number of anilines is 1. The van der Waals surface area contributed by atoms with E-state index in [-0.39, 0.29) is 0 Å². The Hall–Kier alpha value is -1.82. The van der Waals surface area contributed by atoms with Crippen molar-refractivity contribution in [2.24, 2.45) is 0 Å². The van der Waals surface area contributed by atoms with E-state index < -0.39 is 9.84 Å². The van der Waals surface area contributed by atoms with Crippen LogP contribution in [0.1, 0.15) is 13.3 Å². The SMILES string of the molecule is CCCNc1cc(-c2ccc(S(C)(=O)=O)cc2)[nH]n1. The molecule has 2 rings (SSSR count). The van der Waals surface area contributed by atoms with Gasteiger partial charge < -0.3 is 5.32 Å². The number of rotatable bonds is 5. The number of aromatic nitrogens is 2. The lowest BCUT2D eigenvalue weighted by molar-refractivity contribution is 0.602. The van der Waals surface area contributed by atoms with Gasteiger partial charge in [0, 0.05) is 18.9 Å². The Balaban J connectivity index is 2.20. The van der Waals surface area contributed by atoms with Gasteiger partial charge in [0.2, 0.25) is 0 Å². The van der Waals surface area contributed by atoms with Gasteiger partial charge >= 0.3 is 0 Å². The summed E-state index contributed by atoms with van der Waals surface area (Å²) < 4.78 is 22.7. The van der Waals surface area contributed by atoms with Crippen LogP contribution >= 0.6 is 0 Å². The summed E-state index contributed by atoms with van der Waals surface area (Å²) in [5.74, 6) is 0.795. The molecule has 0 saturated carbocycles. The molecule has 0 amide bonds. The summed E-state index contributed by atoms with van der Waals surface area (Å²) in [5, 5.41) is 10.3. The molecule has 102 valence electrons. The van der Waals surface area contributed by atoms with Gasteiger partial charge in [-0.1, -0.05) is 19.1 Å². The number of nitrogens with zero attached hydrogens (tertiary/aromatic N) is 1. The van der Waals surface area contributed by atoms with Crippen molar-refractivity contribution in [3.63, 3.8) is 0 Å². The maximum absolute atomic E-state index is 11.4. The zero-order valence-electron chi connectivity index (χ0n) is 11.0. The van der Waals surface area contributed by atoms with Crippen LogP contribution in [0.25, 0.3) is 11.3 Å². The summed E-state index contributed by atoms with van der Waals surface area (Å²) in [6, 6.07) is 8.65. The van der Waals surface area contributed by atoms with Gasteiger partial charge in [0.05, 0.1) is 10.6 Å². The molecule has 0 saturated heterocycles. The lowest BCUT2D eigenvalue weighted by Gasteiger charge is -2.00. The maximum atomic E-state index is 11.4. The van der Waals surface area contributed by atoms with Crippen LogP contribution < -0.4 is 5.32 Å². The smallest absolute Gasteiger partial charge is 0.175 e. The molecule has 0 radical (unpaired) electrons. The van der Waals surface area contributed by atoms with Crippen molar-refractivity contribution in [1.29, 1.82) is 0 Å². The zero-order valence-corrected chi connectivity index (χ0v) is 11.8. The molecule has 0 aliphatic carbocycles. The molecule has 0 fully saturated rings. The molecule has 19 heavy (non-hydrogen) atoms. The van der Waals surface area contributed by atoms with Crippen LogP contribution in [0.3, 0.4) is 0 Å². The standard InChI is InChI=1S/C13H17N3O2S/c1-3-8-14-13-9-12(15-16-13)10-4-6-11(7-5-10)19(2,17)18/h4-7,9H,3,8H2,1-2H3,(H2,14,15,16). The molecule has 0 atom stereocenters. The third-order valence-electron chi connectivity index (χ3n) is 2.73. The molecule has 0 unspecified atom stereocenters. The lowest BCUT2D eigenvalue weighted by atomic mass is 10.1. The van der Waals surface area contributed by atoms with Crippen molar-refractivity contribution in [2.75, 3.05) is 18.1 Å². The van der Waals surface area contributed by atoms with Crippen molar-refractivity contribution in [2.45, 2.75) is 18.2 Å². The van der Waals surface area contributed by atoms with Gasteiger partial charge in [-0.2, -0.15) is 5.10 Å². The number of sulfone groups is 1. The fourth-order valence-electron chi connectivity index (χ4n) is 1.69. The van der Waals surface area contributed by atoms with Crippen molar-refractivity contribution in [1.82, 2.24) is 10.2 Å². The predicted octanol–water partition coefficient (Wildman–Crippen LogP) is 2.30. The topological polar surface area (TPSA) is 74.8 Å². The first-order valence-electron chi connectivity index (χ1n) is 6.10. The highest BCUT2D eigenvalue weighted by molar-refractivity contribution is 7.90. The Labute approximate surface area is 113 Å². The van der Waals surface area contributed by atoms with E-state index in [9.17, 15) is 8.42 Å². The van der Waals surface area contributed by atoms with E-state index in [1.165, 1.54) is 6.26 Å². The van der Waals surface area contributed by atoms with Gasteiger partial charge in [0.25, 0.3) is 0 Å². The highest BCUT2D eigenvalue weighted by Gasteiger charge is 2.08. The van der Waals surface area contributed by atoms with Crippen molar-refractivity contribution >= 4 is 15.7 Å². The summed E-state index contributed by atoms with van der Waals surface area (Å²) in [6.07, 6.45) is 2.23. The van der Waals surface area contributed by atoms with Crippen molar-refractivity contribution < 1.29 is 8.42 Å². The van der Waals surface area contributed by atoms with E-state index in [4.69, 9.17) is 0 Å². The van der Waals surface area contributed by atoms with E-state index in [0.717, 1.165) is 30.0 Å². The number of hydrogen-bond acceptors (Lipinski definition) is 4. The summed E-state index contributed by atoms with van der Waals surface area (Å²) in [4.78, 5) is 0.320. The third-order valence-corrected chi connectivity index (χ3v) is 3.86. The first kappa shape index (κ1) is 13.6. The average Bonchev–Trinajstić information content (AvgIpc) is 2.84. The van der Waals surface area contributed by atoms with Crippen LogP contribution in [0.15, 0.2) is 35.2 Å². The number of H-pyrrole nitrogens is 1. The van der Waals surface area contributed by atoms with Crippen LogP contribution in [0.2, 0.25) is 0 Å². The minimum absolute atomic E-state index is 0.320. The minimum Gasteiger partial charge on any atom is -0.369 e. The fraction of sp³-hybridized carbons (Fsp3) is 0.308. The average molecular weight is 279 g/mol. The maximum Gasteiger partial charge on any atom is 0.175 e. The third kappa shape index (κ3) is 3.35. The summed E-state index contributed by atoms with van der Waals surface area (Å²) in [6.45, 7) is 2.96. The Morgan fingerprint density at radius 3 is 2.53 bits per heavy atom. The molecule has 1 aromatic heterocycles. The van der Waals surface area contributed by atoms with E-state index >= 15 is 0 Å². The van der Waals surface area contributed by atoms with Crippen LogP contribution in [0, 0.1) is 0 Å². The molecule has 5 nitrogen and oxygen atoms in total. The van der Waals surface area contributed by atoms with Crippen LogP contribution in [0.5, 0.6) is 0 Å². The summed E-state index contributed by atoms with van der Waals surface area (Å²) in [7, 11) is -3.15. The first-order chi connectivity index (χ1) is 9.00. The second-order valence-corrected chi connectivity index (χ2v) is 6.41. The Kier molecular flexibility index (Phi) is 3.90. The molecule has 1 heterocycles. The zero-order chi connectivity index (χ0) is 13.9. The molecule has 2 N–H and O–H groups in total. The normalized spacial score (nSPS) is 11.5. The number of aromatic amines is 1. The monoisotopic (exact) mass is 279 g/mol. The molecule has 0 spiro atoms. The van der Waals surface area contributed by atoms with Crippen LogP contribution in [-0.2, 0) is 9.84 Å². The van der Waals surface area contributed by atoms with Gasteiger partial charge in [0.15, 0.2) is 9.84 Å². The summed E-state index contributed by atoms with van der Waals surface area (Å²) >= 11 is 0. The largest absolute Gasteiger partial charge is 0.369 e. The minimum atomic E-state index is -3.15. The molecule has 0 aliphatic rings. The van der Waals surface area contributed by atoms with Gasteiger partial charge in [-0.3, -0.25) is 5.10 Å². The number of hydrogen-bond donors (Lipinski definition) is 2. The summed E-state index contributed by atoms with van der Waals surface area (Å²) in [5.41, 5.74) is 1.77. The highest BCUT2D eigenvalue weighted by atomic mass is 32.2. The number of benzene rings is 1. The Morgan fingerprint density at radius 2 is 1.95 bits per heavy atom. The van der Waals surface area contributed by atoms with E-state index in [2.05, 4.69) is 22.4 Å². The van der Waals surface area contributed by atoms with E-state index in [1.807, 2.05) is 6.07 Å². The van der Waals surface area contributed by atoms with Gasteiger partial charge in [0.1, 0.15) is 5.82 Å². The van der Waals surface area contributed by atoms with Gasteiger partial charge in [-0.25, -0.2) is 8.42 Å². The van der Waals surface area contributed by atoms with E-state index in [1.54, 1.807) is 24.3 Å². The second kappa shape index (κ2) is 5.44. The molecule has 0 bridgehead atoms. The highest BCUT2D eigenvalue weighted by Crippen LogP contribution is 2.21. The van der Waals surface area contributed by atoms with Crippen LogP contribution in [-0.4, -0.2) is 31.4 Å². The van der Waals surface area contributed by atoms with Crippen molar-refractivity contribution in [3.05, 3.63) is 30.3 Å². The molecule has 2 aromatic rings. The van der Waals surface area contributed by atoms with Crippen LogP contribution in [0.4, 0.5) is 5.82 Å². The first-order valence-corrected chi connectivity index (χ1v) is 7.99. The quantitative estimate of drug-likeness (QED) is 0.880. The lowest BCUT2D eigenvalue weighted by Crippen LogP contribution is -1.99. The Morgan fingerprint density at radius 1 is 1.26 bits per heavy atom.